The van der Waals surface area contributed by atoms with Crippen LogP contribution in [-0.2, 0) is 14.6 Å². The number of sulfone groups is 1. The Labute approximate surface area is 191 Å². The molecule has 4 rings (SSSR count). The molecule has 0 aliphatic carbocycles. The van der Waals surface area contributed by atoms with E-state index in [2.05, 4.69) is 21.0 Å². The minimum atomic E-state index is -3.43. The number of hydrogen-bond donors (Lipinski definition) is 1. The van der Waals surface area contributed by atoms with Crippen LogP contribution in [0.2, 0.25) is 10.2 Å². The first-order valence-corrected chi connectivity index (χ1v) is 12.4. The summed E-state index contributed by atoms with van der Waals surface area (Å²) in [6.07, 6.45) is 6.73. The Kier molecular flexibility index (Phi) is 6.48. The predicted octanol–water partition coefficient (Wildman–Crippen LogP) is 5.04. The summed E-state index contributed by atoms with van der Waals surface area (Å²) in [5.41, 5.74) is 2.87. The van der Waals surface area contributed by atoms with Crippen molar-refractivity contribution in [3.63, 3.8) is 0 Å². The third kappa shape index (κ3) is 5.01. The van der Waals surface area contributed by atoms with E-state index in [0.29, 0.717) is 35.6 Å². The van der Waals surface area contributed by atoms with Gasteiger partial charge in [-0.05, 0) is 48.6 Å². The topological polar surface area (TPSA) is 84.9 Å². The number of nitrogens with one attached hydrogen (secondary N) is 1. The van der Waals surface area contributed by atoms with Gasteiger partial charge >= 0.3 is 0 Å². The van der Waals surface area contributed by atoms with E-state index in [0.717, 1.165) is 30.2 Å². The van der Waals surface area contributed by atoms with Gasteiger partial charge in [0.15, 0.2) is 20.8 Å². The molecule has 3 aromatic rings. The van der Waals surface area contributed by atoms with E-state index < -0.39 is 9.84 Å². The second-order valence-corrected chi connectivity index (χ2v) is 10.2. The standard InChI is InChI=1S/C22H21Cl2N3O3S/c1-31(28,29)19-6-5-15(13-17(19)23)16(12-14-7-10-30-11-8-14)20-21(24)27-22(26-20)18-4-2-3-9-25-18/h2-6,9,12-14H,7-8,10-11H2,1H3,(H,26,27)/b16-12-. The molecule has 0 radical (unpaired) electrons. The van der Waals surface area contributed by atoms with E-state index in [1.165, 1.54) is 6.07 Å². The molecule has 1 aliphatic heterocycles. The van der Waals surface area contributed by atoms with Crippen LogP contribution in [0, 0.1) is 5.92 Å². The zero-order chi connectivity index (χ0) is 22.0. The Bertz CT molecular complexity index is 1220. The second kappa shape index (κ2) is 9.12. The highest BCUT2D eigenvalue weighted by Gasteiger charge is 2.21. The van der Waals surface area contributed by atoms with E-state index in [1.54, 1.807) is 18.3 Å². The number of imidazole rings is 1. The van der Waals surface area contributed by atoms with Gasteiger partial charge in [0, 0.05) is 31.2 Å². The van der Waals surface area contributed by atoms with Gasteiger partial charge in [0.25, 0.3) is 0 Å². The summed E-state index contributed by atoms with van der Waals surface area (Å²) >= 11 is 12.9. The van der Waals surface area contributed by atoms with E-state index in [-0.39, 0.29) is 15.8 Å². The van der Waals surface area contributed by atoms with Gasteiger partial charge in [-0.2, -0.15) is 0 Å². The molecule has 9 heteroatoms. The molecule has 1 fully saturated rings. The van der Waals surface area contributed by atoms with Crippen molar-refractivity contribution in [2.24, 2.45) is 5.92 Å². The average molecular weight is 478 g/mol. The fourth-order valence-electron chi connectivity index (χ4n) is 3.57. The maximum atomic E-state index is 12.0. The molecule has 31 heavy (non-hydrogen) atoms. The summed E-state index contributed by atoms with van der Waals surface area (Å²) in [5.74, 6) is 0.840. The number of aromatic nitrogens is 3. The fraction of sp³-hybridized carbons (Fsp3) is 0.273. The first kappa shape index (κ1) is 22.0. The molecular formula is C22H21Cl2N3O3S. The first-order valence-electron chi connectivity index (χ1n) is 9.80. The summed E-state index contributed by atoms with van der Waals surface area (Å²) in [5, 5.41) is 0.473. The summed E-state index contributed by atoms with van der Waals surface area (Å²) in [7, 11) is -3.43. The van der Waals surface area contributed by atoms with E-state index >= 15 is 0 Å². The highest BCUT2D eigenvalue weighted by Crippen LogP contribution is 2.35. The number of pyridine rings is 1. The number of allylic oxidation sites excluding steroid dienone is 1. The molecule has 0 saturated carbocycles. The van der Waals surface area contributed by atoms with Crippen LogP contribution in [0.5, 0.6) is 0 Å². The maximum absolute atomic E-state index is 12.0. The van der Waals surface area contributed by atoms with Crippen LogP contribution < -0.4 is 0 Å². The van der Waals surface area contributed by atoms with Crippen LogP contribution in [0.1, 0.15) is 24.1 Å². The van der Waals surface area contributed by atoms with Crippen LogP contribution in [0.4, 0.5) is 0 Å². The van der Waals surface area contributed by atoms with Gasteiger partial charge in [0.1, 0.15) is 5.69 Å². The van der Waals surface area contributed by atoms with Gasteiger partial charge in [-0.3, -0.25) is 4.98 Å². The van der Waals surface area contributed by atoms with Crippen molar-refractivity contribution < 1.29 is 13.2 Å². The second-order valence-electron chi connectivity index (χ2n) is 7.41. The van der Waals surface area contributed by atoms with Gasteiger partial charge in [-0.15, -0.1) is 0 Å². The highest BCUT2D eigenvalue weighted by molar-refractivity contribution is 7.90. The van der Waals surface area contributed by atoms with E-state index in [4.69, 9.17) is 27.9 Å². The van der Waals surface area contributed by atoms with Crippen molar-refractivity contribution in [1.82, 2.24) is 15.0 Å². The zero-order valence-corrected chi connectivity index (χ0v) is 19.1. The molecule has 0 bridgehead atoms. The third-order valence-corrected chi connectivity index (χ3v) is 7.00. The zero-order valence-electron chi connectivity index (χ0n) is 16.8. The van der Waals surface area contributed by atoms with Crippen molar-refractivity contribution in [3.05, 3.63) is 70.1 Å². The molecule has 1 N–H and O–H groups in total. The Morgan fingerprint density at radius 2 is 1.97 bits per heavy atom. The van der Waals surface area contributed by atoms with Crippen molar-refractivity contribution in [2.75, 3.05) is 19.5 Å². The summed E-state index contributed by atoms with van der Waals surface area (Å²) in [6.45, 7) is 1.39. The van der Waals surface area contributed by atoms with Crippen LogP contribution >= 0.6 is 23.2 Å². The van der Waals surface area contributed by atoms with E-state index in [9.17, 15) is 8.42 Å². The number of hydrogen-bond acceptors (Lipinski definition) is 5. The van der Waals surface area contributed by atoms with Crippen LogP contribution in [-0.4, -0.2) is 42.8 Å². The summed E-state index contributed by atoms with van der Waals surface area (Å²) in [4.78, 5) is 12.2. The Balaban J connectivity index is 1.82. The lowest BCUT2D eigenvalue weighted by atomic mass is 9.93. The van der Waals surface area contributed by atoms with Gasteiger partial charge in [0.2, 0.25) is 0 Å². The average Bonchev–Trinajstić information content (AvgIpc) is 3.14. The molecule has 0 unspecified atom stereocenters. The highest BCUT2D eigenvalue weighted by atomic mass is 35.5. The van der Waals surface area contributed by atoms with Crippen molar-refractivity contribution in [2.45, 2.75) is 17.7 Å². The SMILES string of the molecule is CS(=O)(=O)c1ccc(/C(=C/C2CCOCC2)c2[nH]c(-c3ccccn3)nc2Cl)cc1Cl. The molecule has 1 aromatic carbocycles. The summed E-state index contributed by atoms with van der Waals surface area (Å²) < 4.78 is 29.4. The maximum Gasteiger partial charge on any atom is 0.176 e. The smallest absolute Gasteiger partial charge is 0.176 e. The van der Waals surface area contributed by atoms with Crippen LogP contribution in [0.25, 0.3) is 17.1 Å². The lowest BCUT2D eigenvalue weighted by Gasteiger charge is -2.20. The Morgan fingerprint density at radius 1 is 1.19 bits per heavy atom. The van der Waals surface area contributed by atoms with Crippen molar-refractivity contribution >= 4 is 38.6 Å². The Morgan fingerprint density at radius 3 is 2.61 bits per heavy atom. The first-order chi connectivity index (χ1) is 14.8. The lowest BCUT2D eigenvalue weighted by molar-refractivity contribution is 0.0786. The van der Waals surface area contributed by atoms with E-state index in [1.807, 2.05) is 18.2 Å². The minimum Gasteiger partial charge on any atom is -0.381 e. The predicted molar refractivity (Wildman–Crippen MR) is 122 cm³/mol. The summed E-state index contributed by atoms with van der Waals surface area (Å²) in [6, 6.07) is 10.5. The number of rotatable bonds is 5. The number of aromatic amines is 1. The molecule has 162 valence electrons. The van der Waals surface area contributed by atoms with Gasteiger partial charge < -0.3 is 9.72 Å². The number of H-pyrrole nitrogens is 1. The molecule has 6 nitrogen and oxygen atoms in total. The van der Waals surface area contributed by atoms with Crippen LogP contribution in [0.15, 0.2) is 53.6 Å². The van der Waals surface area contributed by atoms with Crippen LogP contribution in [0.3, 0.4) is 0 Å². The largest absolute Gasteiger partial charge is 0.381 e. The van der Waals surface area contributed by atoms with Gasteiger partial charge in [-0.1, -0.05) is 41.4 Å². The normalized spacial score (nSPS) is 15.9. The third-order valence-electron chi connectivity index (χ3n) is 5.15. The number of halogens is 2. The molecule has 3 heterocycles. The number of nitrogens with zero attached hydrogens (tertiary/aromatic N) is 2. The monoisotopic (exact) mass is 477 g/mol. The minimum absolute atomic E-state index is 0.0909. The quantitative estimate of drug-likeness (QED) is 0.556. The van der Waals surface area contributed by atoms with Gasteiger partial charge in [-0.25, -0.2) is 13.4 Å². The van der Waals surface area contributed by atoms with Crippen molar-refractivity contribution in [1.29, 1.82) is 0 Å². The number of ether oxygens (including phenoxy) is 1. The fourth-order valence-corrected chi connectivity index (χ4v) is 5.13. The van der Waals surface area contributed by atoms with Crippen molar-refractivity contribution in [3.8, 4) is 11.5 Å². The molecular weight excluding hydrogens is 457 g/mol. The molecule has 0 atom stereocenters. The number of benzene rings is 1. The Hall–Kier alpha value is -2.19. The molecule has 2 aromatic heterocycles. The lowest BCUT2D eigenvalue weighted by Crippen LogP contribution is -2.14. The molecule has 0 spiro atoms. The van der Waals surface area contributed by atoms with Gasteiger partial charge in [0.05, 0.1) is 15.6 Å². The molecule has 1 saturated heterocycles. The molecule has 0 amide bonds. The molecule has 1 aliphatic rings.